The molecule has 1 N–H and O–H groups in total. The summed E-state index contributed by atoms with van der Waals surface area (Å²) in [6, 6.07) is 12.9. The largest absolute Gasteiger partial charge is 0.457 e. The van der Waals surface area contributed by atoms with Crippen molar-refractivity contribution in [2.24, 2.45) is 0 Å². The Bertz CT molecular complexity index is 1200. The van der Waals surface area contributed by atoms with E-state index in [-0.39, 0.29) is 11.7 Å². The maximum absolute atomic E-state index is 13.2. The summed E-state index contributed by atoms with van der Waals surface area (Å²) in [4.78, 5) is 16.4. The van der Waals surface area contributed by atoms with Crippen LogP contribution in [0.3, 0.4) is 0 Å². The van der Waals surface area contributed by atoms with Crippen molar-refractivity contribution in [3.05, 3.63) is 76.2 Å². The van der Waals surface area contributed by atoms with Gasteiger partial charge in [-0.05, 0) is 54.6 Å². The van der Waals surface area contributed by atoms with Gasteiger partial charge in [0.2, 0.25) is 5.91 Å². The van der Waals surface area contributed by atoms with Crippen LogP contribution in [-0.4, -0.2) is 10.9 Å². The van der Waals surface area contributed by atoms with Crippen LogP contribution in [0.5, 0.6) is 0 Å². The number of thiazole rings is 1. The summed E-state index contributed by atoms with van der Waals surface area (Å²) < 4.78 is 19.6. The van der Waals surface area contributed by atoms with Crippen LogP contribution in [0.25, 0.3) is 27.6 Å². The first kappa shape index (κ1) is 18.7. The first-order valence-electron chi connectivity index (χ1n) is 8.08. The van der Waals surface area contributed by atoms with E-state index >= 15 is 0 Å². The summed E-state index contributed by atoms with van der Waals surface area (Å²) in [6.45, 7) is 0. The molecular weight excluding hydrogens is 422 g/mol. The second-order valence-corrected chi connectivity index (χ2v) is 7.72. The Morgan fingerprint density at radius 1 is 1.11 bits per heavy atom. The molecule has 2 aromatic carbocycles. The summed E-state index contributed by atoms with van der Waals surface area (Å²) >= 11 is 13.2. The monoisotopic (exact) mass is 432 g/mol. The minimum Gasteiger partial charge on any atom is -0.457 e. The average molecular weight is 433 g/mol. The molecular formula is C20H11Cl2FN2O2S. The third-order valence-electron chi connectivity index (χ3n) is 3.75. The van der Waals surface area contributed by atoms with Gasteiger partial charge in [0, 0.05) is 21.7 Å². The number of halogens is 3. The van der Waals surface area contributed by atoms with Crippen molar-refractivity contribution in [2.45, 2.75) is 0 Å². The number of carbonyl (C=O) groups excluding carboxylic acids is 1. The molecule has 2 heterocycles. The van der Waals surface area contributed by atoms with Gasteiger partial charge in [0.15, 0.2) is 5.13 Å². The molecule has 0 aliphatic carbocycles. The van der Waals surface area contributed by atoms with Gasteiger partial charge in [-0.3, -0.25) is 10.1 Å². The van der Waals surface area contributed by atoms with Crippen LogP contribution < -0.4 is 5.32 Å². The lowest BCUT2D eigenvalue weighted by atomic mass is 10.2. The van der Waals surface area contributed by atoms with E-state index in [0.29, 0.717) is 36.9 Å². The van der Waals surface area contributed by atoms with Crippen LogP contribution >= 0.6 is 34.5 Å². The molecule has 28 heavy (non-hydrogen) atoms. The van der Waals surface area contributed by atoms with Crippen LogP contribution in [-0.2, 0) is 4.79 Å². The zero-order valence-corrected chi connectivity index (χ0v) is 16.4. The standard InChI is InChI=1S/C20H11Cl2FN2O2S/c21-12-7-11(8-13(22)9-12)17-5-2-15(27-17)3-6-19(26)25-20-24-16-4-1-14(23)10-18(16)28-20/h1-10H,(H,24,25,26). The predicted octanol–water partition coefficient (Wildman–Crippen LogP) is 6.65. The number of aromatic nitrogens is 1. The Labute approximate surface area is 173 Å². The summed E-state index contributed by atoms with van der Waals surface area (Å²) in [5, 5.41) is 4.06. The van der Waals surface area contributed by atoms with Gasteiger partial charge in [-0.2, -0.15) is 0 Å². The smallest absolute Gasteiger partial charge is 0.250 e. The first-order valence-corrected chi connectivity index (χ1v) is 9.65. The van der Waals surface area contributed by atoms with Crippen molar-refractivity contribution >= 4 is 61.9 Å². The molecule has 140 valence electrons. The van der Waals surface area contributed by atoms with Gasteiger partial charge in [0.1, 0.15) is 17.3 Å². The summed E-state index contributed by atoms with van der Waals surface area (Å²) in [6.07, 6.45) is 2.87. The fourth-order valence-corrected chi connectivity index (χ4v) is 3.97. The lowest BCUT2D eigenvalue weighted by molar-refractivity contribution is -0.111. The van der Waals surface area contributed by atoms with E-state index in [9.17, 15) is 9.18 Å². The quantitative estimate of drug-likeness (QED) is 0.367. The molecule has 0 spiro atoms. The molecule has 4 rings (SSSR count). The maximum Gasteiger partial charge on any atom is 0.250 e. The van der Waals surface area contributed by atoms with Crippen molar-refractivity contribution in [1.82, 2.24) is 4.98 Å². The number of furan rings is 1. The van der Waals surface area contributed by atoms with Crippen molar-refractivity contribution in [3.8, 4) is 11.3 Å². The Kier molecular flexibility index (Phi) is 5.17. The van der Waals surface area contributed by atoms with Crippen LogP contribution in [0.1, 0.15) is 5.76 Å². The number of nitrogens with one attached hydrogen (secondary N) is 1. The number of rotatable bonds is 4. The van der Waals surface area contributed by atoms with Crippen LogP contribution in [0.15, 0.2) is 59.0 Å². The normalized spacial score (nSPS) is 11.4. The average Bonchev–Trinajstić information content (AvgIpc) is 3.25. The minimum absolute atomic E-state index is 0.344. The highest BCUT2D eigenvalue weighted by Crippen LogP contribution is 2.29. The van der Waals surface area contributed by atoms with E-state index in [1.807, 2.05) is 0 Å². The predicted molar refractivity (Wildman–Crippen MR) is 111 cm³/mol. The molecule has 0 bridgehead atoms. The minimum atomic E-state index is -0.372. The highest BCUT2D eigenvalue weighted by atomic mass is 35.5. The number of hydrogen-bond donors (Lipinski definition) is 1. The summed E-state index contributed by atoms with van der Waals surface area (Å²) in [5.41, 5.74) is 1.37. The van der Waals surface area contributed by atoms with E-state index in [2.05, 4.69) is 10.3 Å². The summed E-state index contributed by atoms with van der Waals surface area (Å²) in [5.74, 6) is 0.358. The highest BCUT2D eigenvalue weighted by Gasteiger charge is 2.08. The lowest BCUT2D eigenvalue weighted by Crippen LogP contribution is -2.07. The van der Waals surface area contributed by atoms with Crippen molar-refractivity contribution in [3.63, 3.8) is 0 Å². The third kappa shape index (κ3) is 4.25. The molecule has 0 saturated carbocycles. The van der Waals surface area contributed by atoms with Crippen molar-refractivity contribution in [2.75, 3.05) is 5.32 Å². The van der Waals surface area contributed by atoms with E-state index < -0.39 is 0 Å². The van der Waals surface area contributed by atoms with Gasteiger partial charge in [-0.25, -0.2) is 9.37 Å². The Hall–Kier alpha value is -2.67. The molecule has 0 atom stereocenters. The zero-order valence-electron chi connectivity index (χ0n) is 14.1. The first-order chi connectivity index (χ1) is 13.5. The van der Waals surface area contributed by atoms with E-state index in [1.54, 1.807) is 36.4 Å². The molecule has 8 heteroatoms. The van der Waals surface area contributed by atoms with Gasteiger partial charge in [0.25, 0.3) is 0 Å². The fourth-order valence-electron chi connectivity index (χ4n) is 2.55. The number of nitrogens with zero attached hydrogens (tertiary/aromatic N) is 1. The molecule has 4 nitrogen and oxygen atoms in total. The lowest BCUT2D eigenvalue weighted by Gasteiger charge is -1.99. The Morgan fingerprint density at radius 3 is 2.68 bits per heavy atom. The van der Waals surface area contributed by atoms with Gasteiger partial charge < -0.3 is 4.42 Å². The summed E-state index contributed by atoms with van der Waals surface area (Å²) in [7, 11) is 0. The number of benzene rings is 2. The molecule has 2 aromatic heterocycles. The zero-order chi connectivity index (χ0) is 19.7. The number of amides is 1. The van der Waals surface area contributed by atoms with Crippen LogP contribution in [0.2, 0.25) is 10.0 Å². The number of fused-ring (bicyclic) bond motifs is 1. The fraction of sp³-hybridized carbons (Fsp3) is 0. The number of anilines is 1. The molecule has 0 fully saturated rings. The van der Waals surface area contributed by atoms with Crippen molar-refractivity contribution < 1.29 is 13.6 Å². The molecule has 0 radical (unpaired) electrons. The van der Waals surface area contributed by atoms with Crippen LogP contribution in [0.4, 0.5) is 9.52 Å². The molecule has 4 aromatic rings. The molecule has 0 saturated heterocycles. The van der Waals surface area contributed by atoms with Crippen molar-refractivity contribution in [1.29, 1.82) is 0 Å². The van der Waals surface area contributed by atoms with Gasteiger partial charge in [-0.1, -0.05) is 34.5 Å². The van der Waals surface area contributed by atoms with Gasteiger partial charge >= 0.3 is 0 Å². The Morgan fingerprint density at radius 2 is 1.89 bits per heavy atom. The topological polar surface area (TPSA) is 55.1 Å². The molecule has 0 aliphatic rings. The Balaban J connectivity index is 1.46. The van der Waals surface area contributed by atoms with E-state index in [0.717, 1.165) is 5.56 Å². The molecule has 1 amide bonds. The number of hydrogen-bond acceptors (Lipinski definition) is 4. The maximum atomic E-state index is 13.2. The van der Waals surface area contributed by atoms with E-state index in [4.69, 9.17) is 27.6 Å². The second-order valence-electron chi connectivity index (χ2n) is 5.81. The van der Waals surface area contributed by atoms with Crippen LogP contribution in [0, 0.1) is 5.82 Å². The van der Waals surface area contributed by atoms with Gasteiger partial charge in [0.05, 0.1) is 10.2 Å². The molecule has 0 aliphatic heterocycles. The van der Waals surface area contributed by atoms with E-state index in [1.165, 1.54) is 35.6 Å². The highest BCUT2D eigenvalue weighted by molar-refractivity contribution is 7.22. The van der Waals surface area contributed by atoms with Gasteiger partial charge in [-0.15, -0.1) is 0 Å². The SMILES string of the molecule is O=C(C=Cc1ccc(-c2cc(Cl)cc(Cl)c2)o1)Nc1nc2ccc(F)cc2s1. The third-order valence-corrected chi connectivity index (χ3v) is 5.12. The molecule has 0 unspecified atom stereocenters. The second kappa shape index (κ2) is 7.75. The number of carbonyl (C=O) groups is 1.